The number of hydrogen-bond acceptors (Lipinski definition) is 5. The van der Waals surface area contributed by atoms with Crippen LogP contribution < -0.4 is 0 Å². The number of aromatic nitrogens is 4. The molecule has 2 heterocycles. The maximum atomic E-state index is 7.17. The van der Waals surface area contributed by atoms with Crippen LogP contribution in [0.1, 0.15) is 0 Å². The molecule has 0 unspecified atom stereocenters. The molecular formula is C14H15BN4O3. The average molecular weight is 298 g/mol. The number of nitrogens with one attached hydrogen (secondary N) is 2. The molecule has 0 saturated heterocycles. The summed E-state index contributed by atoms with van der Waals surface area (Å²) < 4.78 is 0. The predicted molar refractivity (Wildman–Crippen MR) is 84.6 cm³/mol. The van der Waals surface area contributed by atoms with Gasteiger partial charge < -0.3 is 25.0 Å². The van der Waals surface area contributed by atoms with Crippen molar-refractivity contribution in [2.75, 3.05) is 0 Å². The zero-order valence-electron chi connectivity index (χ0n) is 11.6. The molecule has 7 nitrogen and oxygen atoms in total. The second-order valence-electron chi connectivity index (χ2n) is 4.19. The van der Waals surface area contributed by atoms with Gasteiger partial charge in [-0.2, -0.15) is 0 Å². The van der Waals surface area contributed by atoms with Crippen molar-refractivity contribution in [2.24, 2.45) is 0 Å². The normalized spacial score (nSPS) is 9.59. The number of benzene rings is 2. The number of H-pyrrole nitrogens is 2. The molecule has 2 aromatic carbocycles. The van der Waals surface area contributed by atoms with Gasteiger partial charge in [0, 0.05) is 0 Å². The van der Waals surface area contributed by atoms with Crippen molar-refractivity contribution in [1.29, 1.82) is 0 Å². The first-order valence-corrected chi connectivity index (χ1v) is 6.47. The molecule has 0 amide bonds. The summed E-state index contributed by atoms with van der Waals surface area (Å²) in [7, 11) is -2.17. The fourth-order valence-corrected chi connectivity index (χ4v) is 1.76. The number of rotatable bonds is 0. The van der Waals surface area contributed by atoms with Gasteiger partial charge in [0.15, 0.2) is 0 Å². The molecule has 4 rings (SSSR count). The Bertz CT molecular complexity index is 686. The number of nitrogens with zero attached hydrogens (tertiary/aromatic N) is 2. The minimum atomic E-state index is -2.17. The highest BCUT2D eigenvalue weighted by molar-refractivity contribution is 6.30. The topological polar surface area (TPSA) is 118 Å². The lowest BCUT2D eigenvalue weighted by atomic mass is 10.3. The van der Waals surface area contributed by atoms with Crippen LogP contribution in [0, 0.1) is 0 Å². The Balaban J connectivity index is 0.000000131. The molecule has 0 fully saturated rings. The standard InChI is InChI=1S/2C7H6N2.BH3O3/c2*1-2-4-7-6(3-1)8-5-9-7;2-1(3)4/h2*1-5H,(H,8,9);2-4H. The van der Waals surface area contributed by atoms with Gasteiger partial charge in [-0.25, -0.2) is 9.97 Å². The highest BCUT2D eigenvalue weighted by atomic mass is 16.5. The number of para-hydroxylation sites is 4. The number of hydrogen-bond donors (Lipinski definition) is 5. The largest absolute Gasteiger partial charge is 0.631 e. The molecule has 0 saturated carbocycles. The Morgan fingerprint density at radius 2 is 1.05 bits per heavy atom. The average Bonchev–Trinajstić information content (AvgIpc) is 3.16. The van der Waals surface area contributed by atoms with Crippen molar-refractivity contribution in [1.82, 2.24) is 19.9 Å². The summed E-state index contributed by atoms with van der Waals surface area (Å²) in [5.74, 6) is 0. The molecule has 0 atom stereocenters. The van der Waals surface area contributed by atoms with E-state index in [9.17, 15) is 0 Å². The van der Waals surface area contributed by atoms with Crippen LogP contribution >= 0.6 is 0 Å². The van der Waals surface area contributed by atoms with E-state index in [1.807, 2.05) is 48.5 Å². The molecule has 22 heavy (non-hydrogen) atoms. The van der Waals surface area contributed by atoms with E-state index in [0.29, 0.717) is 0 Å². The maximum absolute atomic E-state index is 7.17. The van der Waals surface area contributed by atoms with E-state index in [1.165, 1.54) is 0 Å². The summed E-state index contributed by atoms with van der Waals surface area (Å²) in [5, 5.41) is 21.5. The third kappa shape index (κ3) is 4.71. The lowest BCUT2D eigenvalue weighted by molar-refractivity contribution is 0.278. The van der Waals surface area contributed by atoms with Crippen LogP contribution in [0.5, 0.6) is 0 Å². The zero-order chi connectivity index (χ0) is 15.8. The summed E-state index contributed by atoms with van der Waals surface area (Å²) in [6.45, 7) is 0. The highest BCUT2D eigenvalue weighted by Gasteiger charge is 1.92. The molecule has 0 aliphatic rings. The van der Waals surface area contributed by atoms with Gasteiger partial charge in [-0.15, -0.1) is 0 Å². The number of imidazole rings is 2. The monoisotopic (exact) mass is 298 g/mol. The van der Waals surface area contributed by atoms with Gasteiger partial charge in [0.1, 0.15) is 0 Å². The highest BCUT2D eigenvalue weighted by Crippen LogP contribution is 2.06. The Kier molecular flexibility index (Phi) is 5.67. The second kappa shape index (κ2) is 7.94. The van der Waals surface area contributed by atoms with Crippen molar-refractivity contribution >= 4 is 29.4 Å². The van der Waals surface area contributed by atoms with E-state index < -0.39 is 7.32 Å². The predicted octanol–water partition coefficient (Wildman–Crippen LogP) is 1.07. The summed E-state index contributed by atoms with van der Waals surface area (Å²) in [5.41, 5.74) is 4.24. The van der Waals surface area contributed by atoms with E-state index in [1.54, 1.807) is 12.7 Å². The third-order valence-electron chi connectivity index (χ3n) is 2.66. The minimum Gasteiger partial charge on any atom is -0.402 e. The fraction of sp³-hybridized carbons (Fsp3) is 0. The fourth-order valence-electron chi connectivity index (χ4n) is 1.76. The van der Waals surface area contributed by atoms with E-state index in [0.717, 1.165) is 22.1 Å². The van der Waals surface area contributed by atoms with Gasteiger partial charge in [0.2, 0.25) is 0 Å². The first-order valence-electron chi connectivity index (χ1n) is 6.47. The summed E-state index contributed by atoms with van der Waals surface area (Å²) >= 11 is 0. The Morgan fingerprint density at radius 1 is 0.682 bits per heavy atom. The molecule has 8 heteroatoms. The van der Waals surface area contributed by atoms with Crippen LogP contribution in [0.4, 0.5) is 0 Å². The number of fused-ring (bicyclic) bond motifs is 2. The van der Waals surface area contributed by atoms with E-state index in [-0.39, 0.29) is 0 Å². The van der Waals surface area contributed by atoms with Crippen molar-refractivity contribution in [3.05, 3.63) is 61.2 Å². The molecular weight excluding hydrogens is 283 g/mol. The third-order valence-corrected chi connectivity index (χ3v) is 2.66. The van der Waals surface area contributed by atoms with Crippen LogP contribution in [-0.4, -0.2) is 42.3 Å². The summed E-state index contributed by atoms with van der Waals surface area (Å²) in [6.07, 6.45) is 3.40. The first kappa shape index (κ1) is 15.7. The lowest BCUT2D eigenvalue weighted by Crippen LogP contribution is -2.07. The van der Waals surface area contributed by atoms with Crippen molar-refractivity contribution < 1.29 is 15.1 Å². The van der Waals surface area contributed by atoms with Crippen molar-refractivity contribution in [3.8, 4) is 0 Å². The first-order chi connectivity index (χ1) is 10.7. The van der Waals surface area contributed by atoms with Gasteiger partial charge in [0.05, 0.1) is 34.7 Å². The van der Waals surface area contributed by atoms with Crippen LogP contribution in [0.25, 0.3) is 22.1 Å². The van der Waals surface area contributed by atoms with E-state index in [4.69, 9.17) is 15.1 Å². The lowest BCUT2D eigenvalue weighted by Gasteiger charge is -1.81. The molecule has 0 aliphatic heterocycles. The van der Waals surface area contributed by atoms with Crippen LogP contribution in [0.15, 0.2) is 61.2 Å². The molecule has 4 aromatic rings. The summed E-state index contributed by atoms with van der Waals surface area (Å²) in [6, 6.07) is 15.9. The van der Waals surface area contributed by atoms with Crippen LogP contribution in [-0.2, 0) is 0 Å². The van der Waals surface area contributed by atoms with Gasteiger partial charge in [-0.1, -0.05) is 24.3 Å². The molecule has 5 N–H and O–H groups in total. The van der Waals surface area contributed by atoms with Gasteiger partial charge in [0.25, 0.3) is 0 Å². The smallest absolute Gasteiger partial charge is 0.402 e. The zero-order valence-corrected chi connectivity index (χ0v) is 11.6. The van der Waals surface area contributed by atoms with Crippen molar-refractivity contribution in [3.63, 3.8) is 0 Å². The van der Waals surface area contributed by atoms with Gasteiger partial charge in [-0.3, -0.25) is 0 Å². The molecule has 0 aliphatic carbocycles. The quantitative estimate of drug-likeness (QED) is 0.311. The minimum absolute atomic E-state index is 1.03. The molecule has 0 spiro atoms. The summed E-state index contributed by atoms with van der Waals surface area (Å²) in [4.78, 5) is 14.1. The second-order valence-corrected chi connectivity index (χ2v) is 4.19. The molecule has 0 radical (unpaired) electrons. The SMILES string of the molecule is OB(O)O.c1ccc2[nH]cnc2c1.c1ccc2[nH]cnc2c1. The molecule has 112 valence electrons. The van der Waals surface area contributed by atoms with E-state index >= 15 is 0 Å². The van der Waals surface area contributed by atoms with Gasteiger partial charge >= 0.3 is 7.32 Å². The molecule has 0 bridgehead atoms. The Labute approximate surface area is 126 Å². The van der Waals surface area contributed by atoms with Crippen LogP contribution in [0.2, 0.25) is 0 Å². The van der Waals surface area contributed by atoms with Crippen LogP contribution in [0.3, 0.4) is 0 Å². The number of aromatic amines is 2. The Morgan fingerprint density at radius 3 is 1.41 bits per heavy atom. The van der Waals surface area contributed by atoms with E-state index in [2.05, 4.69) is 19.9 Å². The Hall–Kier alpha value is -2.68. The van der Waals surface area contributed by atoms with Crippen molar-refractivity contribution in [2.45, 2.75) is 0 Å². The maximum Gasteiger partial charge on any atom is 0.631 e. The molecule has 2 aromatic heterocycles. The van der Waals surface area contributed by atoms with Gasteiger partial charge in [-0.05, 0) is 24.3 Å².